The Morgan fingerprint density at radius 3 is 1.65 bits per heavy atom. The highest BCUT2D eigenvalue weighted by molar-refractivity contribution is 5.74. The van der Waals surface area contributed by atoms with Gasteiger partial charge < -0.3 is 29.0 Å². The van der Waals surface area contributed by atoms with Crippen LogP contribution in [-0.2, 0) is 38.9 Å². The molecule has 9 nitrogen and oxygen atoms in total. The zero-order valence-corrected chi connectivity index (χ0v) is 24.5. The van der Waals surface area contributed by atoms with E-state index in [-0.39, 0.29) is 13.2 Å². The molecule has 1 aliphatic heterocycles. The standard InChI is InChI=1S/C34H37NO8/c1-5-21-35(23(2)36)30-32(42-25(4)38)31(41-24(3)37)29(43-33(30)39)22-40-34(26-15-9-6-10-16-26,27-17-11-7-12-18-27)28-19-13-8-14-20-28/h5-20,29-33,39H,1,21-22H2,2-4H3/t29-,30-,31-,32-,33-/m1/s1. The Kier molecular flexibility index (Phi) is 10.5. The molecule has 0 unspecified atom stereocenters. The van der Waals surface area contributed by atoms with E-state index in [0.717, 1.165) is 16.7 Å². The third-order valence-electron chi connectivity index (χ3n) is 7.33. The minimum atomic E-state index is -1.60. The molecule has 5 atom stereocenters. The highest BCUT2D eigenvalue weighted by Gasteiger charge is 2.53. The SMILES string of the molecule is C=CCN(C(C)=O)[C@@H]1[C@@H](OC(C)=O)[C@H](OC(C)=O)[C@@H](COC(c2ccccc2)(c2ccccc2)c2ccccc2)O[C@H]1O. The van der Waals surface area contributed by atoms with E-state index in [1.54, 1.807) is 0 Å². The van der Waals surface area contributed by atoms with Crippen LogP contribution in [0.3, 0.4) is 0 Å². The molecule has 1 saturated heterocycles. The van der Waals surface area contributed by atoms with Crippen molar-refractivity contribution in [3.8, 4) is 0 Å². The van der Waals surface area contributed by atoms with E-state index >= 15 is 0 Å². The Bertz CT molecular complexity index is 1280. The largest absolute Gasteiger partial charge is 0.456 e. The molecule has 3 aromatic carbocycles. The summed E-state index contributed by atoms with van der Waals surface area (Å²) in [5, 5.41) is 11.3. The van der Waals surface area contributed by atoms with Crippen LogP contribution >= 0.6 is 0 Å². The first-order valence-corrected chi connectivity index (χ1v) is 14.1. The number of ether oxygens (including phenoxy) is 4. The number of aliphatic hydroxyl groups is 1. The van der Waals surface area contributed by atoms with Gasteiger partial charge in [-0.2, -0.15) is 0 Å². The first-order chi connectivity index (χ1) is 20.7. The molecule has 0 saturated carbocycles. The summed E-state index contributed by atoms with van der Waals surface area (Å²) in [6, 6.07) is 27.8. The average molecular weight is 588 g/mol. The molecule has 4 rings (SSSR count). The summed E-state index contributed by atoms with van der Waals surface area (Å²) in [6.45, 7) is 7.25. The lowest BCUT2D eigenvalue weighted by Crippen LogP contribution is -2.67. The minimum absolute atomic E-state index is 0.0330. The second-order valence-electron chi connectivity index (χ2n) is 10.3. The summed E-state index contributed by atoms with van der Waals surface area (Å²) < 4.78 is 24.2. The Morgan fingerprint density at radius 1 is 0.814 bits per heavy atom. The molecule has 0 aliphatic carbocycles. The molecule has 43 heavy (non-hydrogen) atoms. The van der Waals surface area contributed by atoms with Crippen molar-refractivity contribution in [2.75, 3.05) is 13.2 Å². The van der Waals surface area contributed by atoms with Crippen LogP contribution in [0.15, 0.2) is 104 Å². The maximum atomic E-state index is 12.6. The maximum Gasteiger partial charge on any atom is 0.303 e. The third kappa shape index (κ3) is 7.02. The Morgan fingerprint density at radius 2 is 1.26 bits per heavy atom. The van der Waals surface area contributed by atoms with Gasteiger partial charge in [0.2, 0.25) is 5.91 Å². The third-order valence-corrected chi connectivity index (χ3v) is 7.33. The zero-order chi connectivity index (χ0) is 31.0. The van der Waals surface area contributed by atoms with Crippen LogP contribution in [0, 0.1) is 0 Å². The van der Waals surface area contributed by atoms with Crippen molar-refractivity contribution >= 4 is 17.8 Å². The lowest BCUT2D eigenvalue weighted by molar-refractivity contribution is -0.282. The lowest BCUT2D eigenvalue weighted by atomic mass is 9.80. The number of rotatable bonds is 11. The molecule has 0 radical (unpaired) electrons. The van der Waals surface area contributed by atoms with Gasteiger partial charge in [-0.3, -0.25) is 14.4 Å². The molecular weight excluding hydrogens is 550 g/mol. The van der Waals surface area contributed by atoms with E-state index in [1.165, 1.54) is 31.7 Å². The monoisotopic (exact) mass is 587 g/mol. The van der Waals surface area contributed by atoms with Gasteiger partial charge in [0.25, 0.3) is 0 Å². The summed E-state index contributed by atoms with van der Waals surface area (Å²) in [7, 11) is 0. The van der Waals surface area contributed by atoms with Crippen LogP contribution < -0.4 is 0 Å². The Balaban J connectivity index is 1.81. The number of hydrogen-bond acceptors (Lipinski definition) is 8. The number of benzene rings is 3. The van der Waals surface area contributed by atoms with Crippen molar-refractivity contribution in [3.63, 3.8) is 0 Å². The molecule has 0 aromatic heterocycles. The Hall–Kier alpha value is -4.31. The minimum Gasteiger partial charge on any atom is -0.456 e. The number of aliphatic hydroxyl groups excluding tert-OH is 1. The second kappa shape index (κ2) is 14.2. The van der Waals surface area contributed by atoms with Crippen LogP contribution in [-0.4, -0.2) is 71.6 Å². The summed E-state index contributed by atoms with van der Waals surface area (Å²) in [5.74, 6) is -1.77. The van der Waals surface area contributed by atoms with Gasteiger partial charge in [0.05, 0.1) is 6.61 Å². The quantitative estimate of drug-likeness (QED) is 0.204. The Labute approximate surface area is 251 Å². The number of carbonyl (C=O) groups is 3. The summed E-state index contributed by atoms with van der Waals surface area (Å²) in [6.07, 6.45) is -3.70. The van der Waals surface area contributed by atoms with E-state index in [0.29, 0.717) is 0 Å². The van der Waals surface area contributed by atoms with Gasteiger partial charge in [-0.15, -0.1) is 6.58 Å². The van der Waals surface area contributed by atoms with Crippen molar-refractivity contribution < 1.29 is 38.4 Å². The number of esters is 2. The van der Waals surface area contributed by atoms with Gasteiger partial charge >= 0.3 is 11.9 Å². The van der Waals surface area contributed by atoms with Crippen molar-refractivity contribution in [1.82, 2.24) is 4.90 Å². The summed E-state index contributed by atoms with van der Waals surface area (Å²) >= 11 is 0. The molecule has 1 heterocycles. The topological polar surface area (TPSA) is 112 Å². The van der Waals surface area contributed by atoms with Crippen LogP contribution in [0.25, 0.3) is 0 Å². The molecule has 1 N–H and O–H groups in total. The van der Waals surface area contributed by atoms with E-state index in [4.69, 9.17) is 18.9 Å². The predicted molar refractivity (Wildman–Crippen MR) is 159 cm³/mol. The lowest BCUT2D eigenvalue weighted by Gasteiger charge is -2.47. The first kappa shape index (κ1) is 31.6. The first-order valence-electron chi connectivity index (χ1n) is 14.1. The number of hydrogen-bond donors (Lipinski definition) is 1. The normalized spacial score (nSPS) is 21.8. The molecule has 226 valence electrons. The number of nitrogens with zero attached hydrogens (tertiary/aromatic N) is 1. The van der Waals surface area contributed by atoms with Gasteiger partial charge in [0, 0.05) is 27.3 Å². The van der Waals surface area contributed by atoms with Gasteiger partial charge in [-0.05, 0) is 16.7 Å². The fraction of sp³-hybridized carbons (Fsp3) is 0.324. The van der Waals surface area contributed by atoms with Crippen LogP contribution in [0.5, 0.6) is 0 Å². The fourth-order valence-electron chi connectivity index (χ4n) is 5.61. The molecule has 3 aromatic rings. The number of carbonyl (C=O) groups excluding carboxylic acids is 3. The average Bonchev–Trinajstić information content (AvgIpc) is 2.99. The molecule has 1 aliphatic rings. The van der Waals surface area contributed by atoms with Crippen LogP contribution in [0.1, 0.15) is 37.5 Å². The van der Waals surface area contributed by atoms with Crippen molar-refractivity contribution in [3.05, 3.63) is 120 Å². The summed E-state index contributed by atoms with van der Waals surface area (Å²) in [4.78, 5) is 38.5. The maximum absolute atomic E-state index is 12.6. The van der Waals surface area contributed by atoms with Crippen LogP contribution in [0.2, 0.25) is 0 Å². The fourth-order valence-corrected chi connectivity index (χ4v) is 5.61. The van der Waals surface area contributed by atoms with Crippen molar-refractivity contribution in [2.45, 2.75) is 57.0 Å². The molecule has 0 bridgehead atoms. The molecule has 0 spiro atoms. The highest BCUT2D eigenvalue weighted by Crippen LogP contribution is 2.41. The smallest absolute Gasteiger partial charge is 0.303 e. The van der Waals surface area contributed by atoms with Gasteiger partial charge in [-0.1, -0.05) is 97.1 Å². The summed E-state index contributed by atoms with van der Waals surface area (Å²) in [5.41, 5.74) is 1.35. The molecule has 9 heteroatoms. The van der Waals surface area contributed by atoms with E-state index < -0.39 is 54.1 Å². The zero-order valence-electron chi connectivity index (χ0n) is 24.5. The predicted octanol–water partition coefficient (Wildman–Crippen LogP) is 3.98. The van der Waals surface area contributed by atoms with Crippen LogP contribution in [0.4, 0.5) is 0 Å². The van der Waals surface area contributed by atoms with E-state index in [9.17, 15) is 19.5 Å². The highest BCUT2D eigenvalue weighted by atomic mass is 16.7. The van der Waals surface area contributed by atoms with E-state index in [2.05, 4.69) is 6.58 Å². The van der Waals surface area contributed by atoms with Crippen molar-refractivity contribution in [1.29, 1.82) is 0 Å². The molecular formula is C34H37NO8. The van der Waals surface area contributed by atoms with E-state index in [1.807, 2.05) is 91.0 Å². The molecule has 1 amide bonds. The van der Waals surface area contributed by atoms with Gasteiger partial charge in [0.1, 0.15) is 17.7 Å². The number of amides is 1. The molecule has 1 fully saturated rings. The van der Waals surface area contributed by atoms with Gasteiger partial charge in [-0.25, -0.2) is 0 Å². The second-order valence-corrected chi connectivity index (χ2v) is 10.3. The van der Waals surface area contributed by atoms with Crippen molar-refractivity contribution in [2.24, 2.45) is 0 Å². The van der Waals surface area contributed by atoms with Gasteiger partial charge in [0.15, 0.2) is 18.5 Å².